The average molecular weight is 587 g/mol. The van der Waals surface area contributed by atoms with Crippen LogP contribution in [0.2, 0.25) is 56.4 Å². The minimum absolute atomic E-state index is 0.0711. The molecule has 1 aromatic carbocycles. The van der Waals surface area contributed by atoms with Crippen molar-refractivity contribution in [2.24, 2.45) is 0 Å². The van der Waals surface area contributed by atoms with E-state index in [9.17, 15) is 14.2 Å². The fourth-order valence-corrected chi connectivity index (χ4v) is 5.93. The zero-order valence-electron chi connectivity index (χ0n) is 22.2. The number of nitrogens with zero attached hydrogens (tertiary/aromatic N) is 1. The number of phosphoric ester groups is 1. The molecule has 2 rings (SSSR count). The van der Waals surface area contributed by atoms with Crippen LogP contribution < -0.4 is 9.84 Å². The molecule has 1 N–H and O–H groups in total. The van der Waals surface area contributed by atoms with Crippen molar-refractivity contribution in [3.63, 3.8) is 0 Å². The topological polar surface area (TPSA) is 113 Å². The van der Waals surface area contributed by atoms with Crippen LogP contribution in [0.25, 0.3) is 0 Å². The van der Waals surface area contributed by atoms with Gasteiger partial charge in [0, 0.05) is 32.9 Å². The van der Waals surface area contributed by atoms with Crippen LogP contribution in [0.4, 0.5) is 10.5 Å². The fraction of sp³-hybridized carbons (Fsp3) is 0.458. The molecule has 204 valence electrons. The molecule has 13 heteroatoms. The first kappa shape index (κ1) is 31.2. The van der Waals surface area contributed by atoms with Gasteiger partial charge in [0.15, 0.2) is 6.29 Å². The van der Waals surface area contributed by atoms with E-state index in [1.54, 1.807) is 18.2 Å². The van der Waals surface area contributed by atoms with Crippen LogP contribution in [-0.2, 0) is 25.0 Å². The molecule has 2 aromatic rings. The monoisotopic (exact) mass is 586 g/mol. The molecule has 0 fully saturated rings. The van der Waals surface area contributed by atoms with Crippen molar-refractivity contribution < 1.29 is 32.5 Å². The Labute approximate surface area is 225 Å². The summed E-state index contributed by atoms with van der Waals surface area (Å²) < 4.78 is 36.2. The van der Waals surface area contributed by atoms with Crippen LogP contribution in [0.1, 0.15) is 16.1 Å². The summed E-state index contributed by atoms with van der Waals surface area (Å²) in [5.74, 6) is 0.125. The van der Waals surface area contributed by atoms with E-state index in [0.29, 0.717) is 16.9 Å². The molecule has 0 saturated carbocycles. The Balaban J connectivity index is 2.16. The summed E-state index contributed by atoms with van der Waals surface area (Å²) in [5.41, 5.74) is 0.692. The van der Waals surface area contributed by atoms with E-state index in [4.69, 9.17) is 29.9 Å². The number of hydrogen-bond donors (Lipinski definition) is 1. The first-order chi connectivity index (χ1) is 17.2. The number of pyridine rings is 1. The second-order valence-electron chi connectivity index (χ2n) is 10.8. The molecule has 9 nitrogen and oxygen atoms in total. The smallest absolute Gasteiger partial charge is 0.444 e. The van der Waals surface area contributed by atoms with Crippen molar-refractivity contribution in [2.75, 3.05) is 18.5 Å². The third-order valence-electron chi connectivity index (χ3n) is 4.99. The minimum Gasteiger partial charge on any atom is -0.444 e. The van der Waals surface area contributed by atoms with Gasteiger partial charge in [-0.3, -0.25) is 24.1 Å². The van der Waals surface area contributed by atoms with Gasteiger partial charge in [-0.1, -0.05) is 56.9 Å². The molecule has 1 heterocycles. The molecule has 0 aliphatic carbocycles. The van der Waals surface area contributed by atoms with Crippen molar-refractivity contribution in [1.82, 2.24) is 4.98 Å². The predicted molar refractivity (Wildman–Crippen MR) is 151 cm³/mol. The number of halogens is 1. The van der Waals surface area contributed by atoms with E-state index in [0.717, 1.165) is 12.1 Å². The van der Waals surface area contributed by atoms with Gasteiger partial charge in [-0.05, 0) is 36.4 Å². The number of ether oxygens (including phenoxy) is 1. The van der Waals surface area contributed by atoms with Gasteiger partial charge in [0.2, 0.25) is 0 Å². The molecule has 0 unspecified atom stereocenters. The Morgan fingerprint density at radius 2 is 1.68 bits per heavy atom. The van der Waals surface area contributed by atoms with E-state index >= 15 is 0 Å². The maximum absolute atomic E-state index is 13.6. The Morgan fingerprint density at radius 1 is 1.05 bits per heavy atom. The molecule has 1 aromatic heterocycles. The highest BCUT2D eigenvalue weighted by Gasteiger charge is 2.32. The number of amides is 1. The standard InChI is InChI=1S/C24H36ClN2O7PSi2/c1-36(2,3)14-12-32-35(30,33-13-15-37(4,5)6)34-23-16-20(25)10-9-19(23)18-31-24(29)27-21-8-7-11-26-22(21)17-28/h7-11,16-17H,12-15,18H2,1-6H3,(H,27,29). The van der Waals surface area contributed by atoms with Crippen molar-refractivity contribution in [3.8, 4) is 5.75 Å². The number of aromatic nitrogens is 1. The van der Waals surface area contributed by atoms with Gasteiger partial charge < -0.3 is 9.26 Å². The van der Waals surface area contributed by atoms with Crippen LogP contribution in [-0.4, -0.2) is 46.7 Å². The van der Waals surface area contributed by atoms with Gasteiger partial charge in [-0.15, -0.1) is 0 Å². The number of benzene rings is 1. The molecule has 0 atom stereocenters. The molecular formula is C24H36ClN2O7PSi2. The SMILES string of the molecule is C[Si](C)(C)CCOP(=O)(OCC[Si](C)(C)C)Oc1cc(Cl)ccc1COC(=O)Nc1cccnc1C=O. The van der Waals surface area contributed by atoms with Crippen LogP contribution in [0.5, 0.6) is 5.75 Å². The fourth-order valence-electron chi connectivity index (χ4n) is 2.78. The van der Waals surface area contributed by atoms with E-state index in [1.807, 2.05) is 0 Å². The summed E-state index contributed by atoms with van der Waals surface area (Å²) in [6.45, 7) is 13.4. The highest BCUT2D eigenvalue weighted by atomic mass is 35.5. The van der Waals surface area contributed by atoms with Crippen LogP contribution in [0.3, 0.4) is 0 Å². The highest BCUT2D eigenvalue weighted by Crippen LogP contribution is 2.51. The summed E-state index contributed by atoms with van der Waals surface area (Å²) >= 11 is 6.18. The lowest BCUT2D eigenvalue weighted by Gasteiger charge is -2.23. The third-order valence-corrected chi connectivity index (χ3v) is 10.0. The van der Waals surface area contributed by atoms with E-state index < -0.39 is 30.1 Å². The molecule has 0 radical (unpaired) electrons. The molecule has 0 bridgehead atoms. The summed E-state index contributed by atoms with van der Waals surface area (Å²) in [7, 11) is -6.90. The number of hydrogen-bond acceptors (Lipinski definition) is 8. The number of phosphoric acid groups is 1. The first-order valence-corrected chi connectivity index (χ1v) is 21.2. The number of carbonyl (C=O) groups is 2. The van der Waals surface area contributed by atoms with Gasteiger partial charge in [0.1, 0.15) is 18.1 Å². The Bertz CT molecular complexity index is 1100. The first-order valence-electron chi connectivity index (χ1n) is 11.9. The summed E-state index contributed by atoms with van der Waals surface area (Å²) in [5, 5.41) is 2.81. The van der Waals surface area contributed by atoms with E-state index in [1.165, 1.54) is 18.3 Å². The molecule has 0 aliphatic heterocycles. The molecule has 0 aliphatic rings. The summed E-state index contributed by atoms with van der Waals surface area (Å²) in [4.78, 5) is 27.4. The van der Waals surface area contributed by atoms with Gasteiger partial charge in [-0.2, -0.15) is 0 Å². The number of aldehydes is 1. The molecular weight excluding hydrogens is 551 g/mol. The Hall–Kier alpha value is -2.02. The number of nitrogens with one attached hydrogen (secondary N) is 1. The van der Waals surface area contributed by atoms with Crippen LogP contribution >= 0.6 is 19.4 Å². The maximum atomic E-state index is 13.6. The van der Waals surface area contributed by atoms with Gasteiger partial charge in [-0.25, -0.2) is 9.36 Å². The normalized spacial score (nSPS) is 12.2. The third kappa shape index (κ3) is 11.9. The van der Waals surface area contributed by atoms with Gasteiger partial charge >= 0.3 is 13.9 Å². The average Bonchev–Trinajstić information content (AvgIpc) is 2.77. The highest BCUT2D eigenvalue weighted by molar-refractivity contribution is 7.49. The molecule has 0 saturated heterocycles. The number of anilines is 1. The molecule has 1 amide bonds. The lowest BCUT2D eigenvalue weighted by Crippen LogP contribution is -2.23. The van der Waals surface area contributed by atoms with Crippen LogP contribution in [0.15, 0.2) is 36.5 Å². The Morgan fingerprint density at radius 3 is 2.24 bits per heavy atom. The quantitative estimate of drug-likeness (QED) is 0.138. The number of carbonyl (C=O) groups excluding carboxylic acids is 2. The largest absolute Gasteiger partial charge is 0.530 e. The zero-order valence-corrected chi connectivity index (χ0v) is 25.9. The lowest BCUT2D eigenvalue weighted by atomic mass is 10.2. The minimum atomic E-state index is -3.99. The zero-order chi connectivity index (χ0) is 27.7. The second-order valence-corrected chi connectivity index (χ2v) is 24.1. The lowest BCUT2D eigenvalue weighted by molar-refractivity contribution is 0.111. The van der Waals surface area contributed by atoms with E-state index in [2.05, 4.69) is 49.6 Å². The summed E-state index contributed by atoms with van der Waals surface area (Å²) in [6.07, 6.45) is 1.16. The van der Waals surface area contributed by atoms with E-state index in [-0.39, 0.29) is 37.0 Å². The summed E-state index contributed by atoms with van der Waals surface area (Å²) in [6, 6.07) is 9.33. The molecule has 0 spiro atoms. The maximum Gasteiger partial charge on any atom is 0.530 e. The second kappa shape index (κ2) is 13.7. The van der Waals surface area contributed by atoms with Crippen molar-refractivity contribution in [1.29, 1.82) is 0 Å². The van der Waals surface area contributed by atoms with Crippen LogP contribution in [0, 0.1) is 0 Å². The predicted octanol–water partition coefficient (Wildman–Crippen LogP) is 7.49. The molecule has 37 heavy (non-hydrogen) atoms. The van der Waals surface area contributed by atoms with Crippen molar-refractivity contribution >= 4 is 53.6 Å². The van der Waals surface area contributed by atoms with Crippen molar-refractivity contribution in [2.45, 2.75) is 58.0 Å². The Kier molecular flexibility index (Phi) is 11.5. The van der Waals surface area contributed by atoms with Crippen molar-refractivity contribution in [3.05, 3.63) is 52.8 Å². The van der Waals surface area contributed by atoms with Gasteiger partial charge in [0.25, 0.3) is 0 Å². The van der Waals surface area contributed by atoms with Gasteiger partial charge in [0.05, 0.1) is 18.9 Å². The number of rotatable bonds is 14.